The van der Waals surface area contributed by atoms with Crippen LogP contribution in [0, 0.1) is 11.3 Å². The molecule has 2 aliphatic heterocycles. The molecule has 0 unspecified atom stereocenters. The van der Waals surface area contributed by atoms with Gasteiger partial charge in [0.1, 0.15) is 11.5 Å². The molecule has 1 aromatic carbocycles. The van der Waals surface area contributed by atoms with Crippen molar-refractivity contribution in [3.05, 3.63) is 90.1 Å². The van der Waals surface area contributed by atoms with Crippen LogP contribution in [0.5, 0.6) is 5.88 Å². The Kier molecular flexibility index (Phi) is 10.4. The number of imidazole rings is 1. The van der Waals surface area contributed by atoms with Gasteiger partial charge in [-0.3, -0.25) is 24.8 Å². The molecule has 3 N–H and O–H groups in total. The first kappa shape index (κ1) is 34.5. The third-order valence-electron chi connectivity index (χ3n) is 9.19. The number of nitrogens with zero attached hydrogens (tertiary/aromatic N) is 7. The number of anilines is 2. The fraction of sp³-hybridized carbons (Fsp3) is 0.368. The van der Waals surface area contributed by atoms with Crippen molar-refractivity contribution < 1.29 is 14.3 Å². The fourth-order valence-electron chi connectivity index (χ4n) is 6.48. The number of rotatable bonds is 11. The minimum absolute atomic E-state index is 0.0125. The average Bonchev–Trinajstić information content (AvgIpc) is 3.78. The molecule has 0 saturated carbocycles. The molecular formula is C38H45N9O3. The van der Waals surface area contributed by atoms with Crippen LogP contribution >= 0.6 is 0 Å². The van der Waals surface area contributed by atoms with Crippen molar-refractivity contribution in [2.75, 3.05) is 49.9 Å². The molecule has 5 heterocycles. The third kappa shape index (κ3) is 7.76. The van der Waals surface area contributed by atoms with Crippen LogP contribution in [0.1, 0.15) is 50.4 Å². The van der Waals surface area contributed by atoms with Crippen LogP contribution < -0.4 is 15.4 Å². The summed E-state index contributed by atoms with van der Waals surface area (Å²) in [5, 5.41) is 8.79. The lowest BCUT2D eigenvalue weighted by atomic mass is 9.98. The zero-order valence-electron chi connectivity index (χ0n) is 29.2. The van der Waals surface area contributed by atoms with E-state index in [9.17, 15) is 9.59 Å². The Balaban J connectivity index is 1.03. The number of benzene rings is 1. The van der Waals surface area contributed by atoms with E-state index in [1.165, 1.54) is 11.1 Å². The van der Waals surface area contributed by atoms with E-state index in [0.717, 1.165) is 17.7 Å². The van der Waals surface area contributed by atoms with Gasteiger partial charge in [0, 0.05) is 62.8 Å². The highest BCUT2D eigenvalue weighted by Crippen LogP contribution is 2.27. The number of aryl methyl sites for hydroxylation is 1. The number of likely N-dealkylation sites (tertiary alicyclic amines) is 1. The van der Waals surface area contributed by atoms with E-state index < -0.39 is 0 Å². The molecule has 4 aromatic rings. The van der Waals surface area contributed by atoms with Crippen molar-refractivity contribution in [3.63, 3.8) is 0 Å². The van der Waals surface area contributed by atoms with E-state index in [1.54, 1.807) is 41.7 Å². The predicted octanol–water partition coefficient (Wildman–Crippen LogP) is 4.65. The van der Waals surface area contributed by atoms with Crippen molar-refractivity contribution >= 4 is 34.6 Å². The van der Waals surface area contributed by atoms with Crippen molar-refractivity contribution in [2.45, 2.75) is 39.7 Å². The van der Waals surface area contributed by atoms with Gasteiger partial charge in [-0.1, -0.05) is 30.3 Å². The molecule has 2 aliphatic rings. The number of carbonyl (C=O) groups is 2. The first-order valence-corrected chi connectivity index (χ1v) is 17.2. The lowest BCUT2D eigenvalue weighted by molar-refractivity contribution is -0.132. The highest BCUT2D eigenvalue weighted by atomic mass is 16.5. The highest BCUT2D eigenvalue weighted by molar-refractivity contribution is 6.12. The molecule has 50 heavy (non-hydrogen) atoms. The van der Waals surface area contributed by atoms with Crippen LogP contribution in [0.3, 0.4) is 0 Å². The van der Waals surface area contributed by atoms with Crippen LogP contribution in [-0.2, 0) is 16.6 Å². The van der Waals surface area contributed by atoms with Crippen LogP contribution in [0.15, 0.2) is 73.3 Å². The summed E-state index contributed by atoms with van der Waals surface area (Å²) in [5.74, 6) is 0.685. The SMILES string of the molecule is CCN(C(=O)[C@@H]1CCN(CC(=O)N2CC=C(c3ccc(-c4cn(C)cn4)cc3)CC2)C1)c1ccc(N)c(C(=N)c2ccc(OC(C)C)nc2)n1. The minimum atomic E-state index is -0.260. The largest absolute Gasteiger partial charge is 0.475 e. The lowest BCUT2D eigenvalue weighted by Crippen LogP contribution is -2.42. The second-order valence-corrected chi connectivity index (χ2v) is 13.2. The number of nitrogen functional groups attached to an aromatic ring is 1. The molecular weight excluding hydrogens is 630 g/mol. The number of nitrogens with two attached hydrogens (primary N) is 1. The van der Waals surface area contributed by atoms with Gasteiger partial charge >= 0.3 is 0 Å². The molecule has 12 heteroatoms. The second kappa shape index (κ2) is 15.0. The number of pyridine rings is 2. The van der Waals surface area contributed by atoms with Gasteiger partial charge in [0.15, 0.2) is 0 Å². The molecule has 6 rings (SSSR count). The smallest absolute Gasteiger partial charge is 0.237 e. The standard InChI is InChI=1S/C38H45N9O3/c1-5-47(33-12-11-31(39)37(43-33)36(40)29-10-13-34(41-20-29)50-25(2)3)38(49)30-14-17-45(21-30)23-35(48)46-18-15-27(16-19-46)26-6-8-28(9-7-26)32-22-44(4)24-42-32/h6-13,15,20,22,24-25,30,40H,5,14,16-19,21,23,39H2,1-4H3/t30-/m1/s1. The molecule has 0 aliphatic carbocycles. The molecule has 12 nitrogen and oxygen atoms in total. The first-order valence-electron chi connectivity index (χ1n) is 17.2. The van der Waals surface area contributed by atoms with Crippen LogP contribution in [0.4, 0.5) is 11.5 Å². The van der Waals surface area contributed by atoms with Gasteiger partial charge in [-0.25, -0.2) is 15.0 Å². The summed E-state index contributed by atoms with van der Waals surface area (Å²) in [4.78, 5) is 46.1. The summed E-state index contributed by atoms with van der Waals surface area (Å²) in [6, 6.07) is 15.3. The van der Waals surface area contributed by atoms with E-state index in [2.05, 4.69) is 50.2 Å². The van der Waals surface area contributed by atoms with Crippen molar-refractivity contribution in [3.8, 4) is 17.1 Å². The Morgan fingerprint density at radius 3 is 2.48 bits per heavy atom. The Morgan fingerprint density at radius 2 is 1.84 bits per heavy atom. The fourth-order valence-corrected chi connectivity index (χ4v) is 6.48. The van der Waals surface area contributed by atoms with Crippen molar-refractivity contribution in [1.82, 2.24) is 29.3 Å². The third-order valence-corrected chi connectivity index (χ3v) is 9.19. The van der Waals surface area contributed by atoms with E-state index in [0.29, 0.717) is 62.1 Å². The summed E-state index contributed by atoms with van der Waals surface area (Å²) in [6.45, 7) is 8.86. The van der Waals surface area contributed by atoms with E-state index in [-0.39, 0.29) is 41.8 Å². The number of ether oxygens (including phenoxy) is 1. The molecule has 2 amide bonds. The number of nitrogens with one attached hydrogen (secondary N) is 1. The Labute approximate surface area is 293 Å². The van der Waals surface area contributed by atoms with Gasteiger partial charge in [0.25, 0.3) is 0 Å². The molecule has 1 atom stereocenters. The maximum absolute atomic E-state index is 13.8. The summed E-state index contributed by atoms with van der Waals surface area (Å²) in [6.07, 6.45) is 8.95. The lowest BCUT2D eigenvalue weighted by Gasteiger charge is -2.29. The van der Waals surface area contributed by atoms with Gasteiger partial charge in [0.2, 0.25) is 17.7 Å². The summed E-state index contributed by atoms with van der Waals surface area (Å²) in [5.41, 5.74) is 12.0. The van der Waals surface area contributed by atoms with Gasteiger partial charge < -0.3 is 19.9 Å². The van der Waals surface area contributed by atoms with Gasteiger partial charge in [0.05, 0.1) is 42.0 Å². The Bertz CT molecular complexity index is 1880. The Hall–Kier alpha value is -5.36. The molecule has 0 radical (unpaired) electrons. The molecule has 0 bridgehead atoms. The molecule has 3 aromatic heterocycles. The van der Waals surface area contributed by atoms with Crippen LogP contribution in [0.2, 0.25) is 0 Å². The van der Waals surface area contributed by atoms with Gasteiger partial charge in [-0.05, 0) is 69.5 Å². The molecule has 1 saturated heterocycles. The first-order chi connectivity index (χ1) is 24.1. The topological polar surface area (TPSA) is 147 Å². The number of aromatic nitrogens is 4. The van der Waals surface area contributed by atoms with Crippen molar-refractivity contribution in [1.29, 1.82) is 5.41 Å². The summed E-state index contributed by atoms with van der Waals surface area (Å²) in [7, 11) is 1.96. The number of hydrogen-bond donors (Lipinski definition) is 2. The quantitative estimate of drug-likeness (QED) is 0.219. The second-order valence-electron chi connectivity index (χ2n) is 13.2. The molecule has 0 spiro atoms. The summed E-state index contributed by atoms with van der Waals surface area (Å²) < 4.78 is 7.55. The number of amides is 2. The zero-order chi connectivity index (χ0) is 35.4. The maximum atomic E-state index is 13.8. The highest BCUT2D eigenvalue weighted by Gasteiger charge is 2.34. The number of carbonyl (C=O) groups excluding carboxylic acids is 2. The van der Waals surface area contributed by atoms with E-state index >= 15 is 0 Å². The predicted molar refractivity (Wildman–Crippen MR) is 195 cm³/mol. The monoisotopic (exact) mass is 675 g/mol. The summed E-state index contributed by atoms with van der Waals surface area (Å²) >= 11 is 0. The van der Waals surface area contributed by atoms with E-state index in [4.69, 9.17) is 15.9 Å². The molecule has 1 fully saturated rings. The number of hydrogen-bond acceptors (Lipinski definition) is 9. The van der Waals surface area contributed by atoms with Crippen molar-refractivity contribution in [2.24, 2.45) is 13.0 Å². The van der Waals surface area contributed by atoms with Crippen LogP contribution in [0.25, 0.3) is 16.8 Å². The average molecular weight is 676 g/mol. The van der Waals surface area contributed by atoms with E-state index in [1.807, 2.05) is 43.5 Å². The Morgan fingerprint density at radius 1 is 1.06 bits per heavy atom. The normalized spacial score (nSPS) is 16.4. The molecule has 260 valence electrons. The minimum Gasteiger partial charge on any atom is -0.475 e. The van der Waals surface area contributed by atoms with Crippen LogP contribution in [-0.4, -0.2) is 92.2 Å². The van der Waals surface area contributed by atoms with Gasteiger partial charge in [-0.15, -0.1) is 0 Å². The zero-order valence-corrected chi connectivity index (χ0v) is 29.2. The van der Waals surface area contributed by atoms with Gasteiger partial charge in [-0.2, -0.15) is 0 Å². The maximum Gasteiger partial charge on any atom is 0.237 e.